The van der Waals surface area contributed by atoms with Gasteiger partial charge in [0.2, 0.25) is 0 Å². The highest BCUT2D eigenvalue weighted by molar-refractivity contribution is 5.38. The first-order valence-corrected chi connectivity index (χ1v) is 4.41. The van der Waals surface area contributed by atoms with Crippen molar-refractivity contribution in [1.82, 2.24) is 0 Å². The molecule has 0 aromatic heterocycles. The Kier molecular flexibility index (Phi) is 3.63. The lowest BCUT2D eigenvalue weighted by atomic mass is 10.3. The summed E-state index contributed by atoms with van der Waals surface area (Å²) >= 11 is 0. The summed E-state index contributed by atoms with van der Waals surface area (Å²) in [7, 11) is 0. The molecule has 0 radical (unpaired) electrons. The van der Waals surface area contributed by atoms with Crippen LogP contribution >= 0.6 is 0 Å². The minimum absolute atomic E-state index is 0.0170. The van der Waals surface area contributed by atoms with Crippen molar-refractivity contribution in [2.75, 3.05) is 0 Å². The predicted molar refractivity (Wildman–Crippen MR) is 53.4 cm³/mol. The van der Waals surface area contributed by atoms with Crippen LogP contribution < -0.4 is 4.74 Å². The van der Waals surface area contributed by atoms with E-state index < -0.39 is 4.92 Å². The largest absolute Gasteiger partial charge is 0.489 e. The average Bonchev–Trinajstić information content (AvgIpc) is 2.18. The molecule has 0 spiro atoms. The van der Waals surface area contributed by atoms with E-state index in [4.69, 9.17) is 10.00 Å². The second kappa shape index (κ2) is 4.96. The Labute approximate surface area is 87.1 Å². The van der Waals surface area contributed by atoms with Crippen molar-refractivity contribution in [1.29, 1.82) is 5.26 Å². The van der Waals surface area contributed by atoms with Gasteiger partial charge < -0.3 is 4.74 Å². The number of nitro groups is 1. The third-order valence-corrected chi connectivity index (χ3v) is 1.74. The van der Waals surface area contributed by atoms with Crippen LogP contribution in [0, 0.1) is 21.4 Å². The maximum absolute atomic E-state index is 10.5. The molecule has 0 aliphatic rings. The molecule has 0 saturated carbocycles. The summed E-state index contributed by atoms with van der Waals surface area (Å²) in [6.45, 7) is 1.74. The number of nitriles is 1. The average molecular weight is 206 g/mol. The first-order valence-electron chi connectivity index (χ1n) is 4.41. The number of nitrogens with zero attached hydrogens (tertiary/aromatic N) is 2. The van der Waals surface area contributed by atoms with Gasteiger partial charge in [-0.15, -0.1) is 0 Å². The first kappa shape index (κ1) is 11.0. The van der Waals surface area contributed by atoms with E-state index in [2.05, 4.69) is 0 Å². The van der Waals surface area contributed by atoms with Crippen LogP contribution in [0.15, 0.2) is 24.3 Å². The van der Waals surface area contributed by atoms with Crippen LogP contribution in [-0.4, -0.2) is 11.0 Å². The molecule has 0 aliphatic heterocycles. The molecule has 0 aliphatic carbocycles. The van der Waals surface area contributed by atoms with Crippen LogP contribution in [0.3, 0.4) is 0 Å². The van der Waals surface area contributed by atoms with Crippen molar-refractivity contribution in [3.05, 3.63) is 34.4 Å². The van der Waals surface area contributed by atoms with E-state index in [1.54, 1.807) is 19.1 Å². The van der Waals surface area contributed by atoms with E-state index in [-0.39, 0.29) is 18.2 Å². The van der Waals surface area contributed by atoms with Crippen molar-refractivity contribution in [2.24, 2.45) is 0 Å². The second-order valence-corrected chi connectivity index (χ2v) is 3.05. The van der Waals surface area contributed by atoms with Crippen LogP contribution in [0.4, 0.5) is 5.69 Å². The first-order chi connectivity index (χ1) is 7.13. The van der Waals surface area contributed by atoms with Crippen LogP contribution in [0.25, 0.3) is 0 Å². The van der Waals surface area contributed by atoms with Gasteiger partial charge in [0.15, 0.2) is 0 Å². The molecule has 78 valence electrons. The Balaban J connectivity index is 2.74. The molecule has 1 aromatic rings. The van der Waals surface area contributed by atoms with Crippen molar-refractivity contribution < 1.29 is 9.66 Å². The summed E-state index contributed by atoms with van der Waals surface area (Å²) in [6.07, 6.45) is -0.0140. The zero-order chi connectivity index (χ0) is 11.3. The Bertz CT molecular complexity index is 398. The van der Waals surface area contributed by atoms with Gasteiger partial charge >= 0.3 is 0 Å². The minimum atomic E-state index is -0.484. The smallest absolute Gasteiger partial charge is 0.273 e. The van der Waals surface area contributed by atoms with Crippen LogP contribution in [0.2, 0.25) is 0 Å². The highest BCUT2D eigenvalue weighted by Crippen LogP contribution is 2.20. The molecule has 15 heavy (non-hydrogen) atoms. The number of rotatable bonds is 4. The zero-order valence-electron chi connectivity index (χ0n) is 8.21. The summed E-state index contributed by atoms with van der Waals surface area (Å²) < 4.78 is 5.32. The number of benzene rings is 1. The van der Waals surface area contributed by atoms with Gasteiger partial charge in [-0.1, -0.05) is 6.07 Å². The van der Waals surface area contributed by atoms with E-state index >= 15 is 0 Å². The number of nitro benzene ring substituents is 1. The second-order valence-electron chi connectivity index (χ2n) is 3.05. The number of hydrogen-bond acceptors (Lipinski definition) is 4. The molecule has 5 nitrogen and oxygen atoms in total. The van der Waals surface area contributed by atoms with Gasteiger partial charge in [-0.3, -0.25) is 10.1 Å². The van der Waals surface area contributed by atoms with E-state index in [9.17, 15) is 10.1 Å². The van der Waals surface area contributed by atoms with Gasteiger partial charge in [0.25, 0.3) is 5.69 Å². The molecule has 0 N–H and O–H groups in total. The van der Waals surface area contributed by atoms with Crippen molar-refractivity contribution in [3.8, 4) is 11.8 Å². The van der Waals surface area contributed by atoms with Gasteiger partial charge in [-0.05, 0) is 13.0 Å². The third kappa shape index (κ3) is 3.27. The molecular formula is C10H10N2O3. The molecule has 5 heteroatoms. The molecule has 0 bridgehead atoms. The number of non-ortho nitro benzene ring substituents is 1. The lowest BCUT2D eigenvalue weighted by Crippen LogP contribution is -2.10. The number of ether oxygens (including phenoxy) is 1. The van der Waals surface area contributed by atoms with Gasteiger partial charge in [0, 0.05) is 6.07 Å². The SMILES string of the molecule is CC(CC#N)Oc1cccc([N+](=O)[O-])c1. The van der Waals surface area contributed by atoms with E-state index in [1.165, 1.54) is 12.1 Å². The molecule has 1 unspecified atom stereocenters. The Hall–Kier alpha value is -2.09. The summed E-state index contributed by atoms with van der Waals surface area (Å²) in [6, 6.07) is 7.87. The van der Waals surface area contributed by atoms with Gasteiger partial charge in [0.05, 0.1) is 23.5 Å². The summed E-state index contributed by atoms with van der Waals surface area (Å²) in [5, 5.41) is 18.9. The quantitative estimate of drug-likeness (QED) is 0.559. The lowest BCUT2D eigenvalue weighted by molar-refractivity contribution is -0.384. The monoisotopic (exact) mass is 206 g/mol. The van der Waals surface area contributed by atoms with Gasteiger partial charge in [-0.2, -0.15) is 5.26 Å². The fourth-order valence-electron chi connectivity index (χ4n) is 1.07. The van der Waals surface area contributed by atoms with Crippen LogP contribution in [-0.2, 0) is 0 Å². The fourth-order valence-corrected chi connectivity index (χ4v) is 1.07. The Morgan fingerprint density at radius 3 is 3.00 bits per heavy atom. The predicted octanol–water partition coefficient (Wildman–Crippen LogP) is 2.28. The topological polar surface area (TPSA) is 76.2 Å². The highest BCUT2D eigenvalue weighted by Gasteiger charge is 2.08. The molecular weight excluding hydrogens is 196 g/mol. The van der Waals surface area contributed by atoms with Crippen molar-refractivity contribution in [2.45, 2.75) is 19.4 Å². The van der Waals surface area contributed by atoms with E-state index in [1.807, 2.05) is 6.07 Å². The van der Waals surface area contributed by atoms with E-state index in [0.717, 1.165) is 0 Å². The minimum Gasteiger partial charge on any atom is -0.489 e. The van der Waals surface area contributed by atoms with Crippen molar-refractivity contribution >= 4 is 5.69 Å². The zero-order valence-corrected chi connectivity index (χ0v) is 8.21. The molecule has 0 saturated heterocycles. The lowest BCUT2D eigenvalue weighted by Gasteiger charge is -2.10. The maximum Gasteiger partial charge on any atom is 0.273 e. The molecule has 1 rings (SSSR count). The molecule has 1 aromatic carbocycles. The fraction of sp³-hybridized carbons (Fsp3) is 0.300. The van der Waals surface area contributed by atoms with E-state index in [0.29, 0.717) is 5.75 Å². The molecule has 0 fully saturated rings. The molecule has 1 atom stereocenters. The summed E-state index contributed by atoms with van der Waals surface area (Å²) in [5.74, 6) is 0.409. The van der Waals surface area contributed by atoms with Crippen LogP contribution in [0.5, 0.6) is 5.75 Å². The Morgan fingerprint density at radius 2 is 2.40 bits per heavy atom. The standard InChI is InChI=1S/C10H10N2O3/c1-8(5-6-11)15-10-4-2-3-9(7-10)12(13)14/h2-4,7-8H,5H2,1H3. The summed E-state index contributed by atoms with van der Waals surface area (Å²) in [5.41, 5.74) is -0.0170. The summed E-state index contributed by atoms with van der Waals surface area (Å²) in [4.78, 5) is 9.98. The third-order valence-electron chi connectivity index (χ3n) is 1.74. The highest BCUT2D eigenvalue weighted by atomic mass is 16.6. The molecule has 0 amide bonds. The van der Waals surface area contributed by atoms with Crippen LogP contribution in [0.1, 0.15) is 13.3 Å². The maximum atomic E-state index is 10.5. The number of hydrogen-bond donors (Lipinski definition) is 0. The molecule has 0 heterocycles. The van der Waals surface area contributed by atoms with Gasteiger partial charge in [-0.25, -0.2) is 0 Å². The normalized spacial score (nSPS) is 11.5. The Morgan fingerprint density at radius 1 is 1.67 bits per heavy atom. The van der Waals surface area contributed by atoms with Gasteiger partial charge in [0.1, 0.15) is 11.9 Å². The van der Waals surface area contributed by atoms with Crippen molar-refractivity contribution in [3.63, 3.8) is 0 Å².